The summed E-state index contributed by atoms with van der Waals surface area (Å²) in [5.41, 5.74) is 3.40. The van der Waals surface area contributed by atoms with Gasteiger partial charge in [-0.1, -0.05) is 49.5 Å². The second-order valence-corrected chi connectivity index (χ2v) is 21.8. The fourth-order valence-corrected chi connectivity index (χ4v) is 10.2. The maximum Gasteiger partial charge on any atom is 0.410 e. The molecule has 1 aliphatic heterocycles. The molecule has 13 nitrogen and oxygen atoms in total. The fraction of sp³-hybridized carbons (Fsp3) is 0.442. The van der Waals surface area contributed by atoms with Crippen molar-refractivity contribution in [2.75, 3.05) is 25.6 Å². The first kappa shape index (κ1) is 42.6. The average Bonchev–Trinajstić information content (AvgIpc) is 3.51. The summed E-state index contributed by atoms with van der Waals surface area (Å²) in [5.74, 6) is -2.03. The molecule has 0 saturated carbocycles. The summed E-state index contributed by atoms with van der Waals surface area (Å²) in [6.45, 7) is 11.1. The van der Waals surface area contributed by atoms with E-state index < -0.39 is 49.8 Å². The molecule has 5 amide bonds. The zero-order chi connectivity index (χ0) is 41.7. The third-order valence-electron chi connectivity index (χ3n) is 10.5. The second-order valence-electron chi connectivity index (χ2n) is 16.8. The van der Waals surface area contributed by atoms with Crippen LogP contribution >= 0.6 is 0 Å². The highest BCUT2D eigenvalue weighted by atomic mass is 28.3. The van der Waals surface area contributed by atoms with Crippen LogP contribution in [0.15, 0.2) is 72.8 Å². The number of esters is 1. The molecule has 3 aromatic rings. The van der Waals surface area contributed by atoms with Crippen LogP contribution < -0.4 is 16.0 Å². The first-order chi connectivity index (χ1) is 26.9. The lowest BCUT2D eigenvalue weighted by Gasteiger charge is -2.33. The Morgan fingerprint density at radius 1 is 0.930 bits per heavy atom. The Balaban J connectivity index is 1.36. The zero-order valence-corrected chi connectivity index (χ0v) is 35.1. The lowest BCUT2D eigenvalue weighted by atomic mass is 9.87. The first-order valence-electron chi connectivity index (χ1n) is 19.4. The van der Waals surface area contributed by atoms with Gasteiger partial charge in [-0.05, 0) is 106 Å². The maximum absolute atomic E-state index is 14.7. The largest absolute Gasteiger partial charge is 0.465 e. The predicted molar refractivity (Wildman–Crippen MR) is 219 cm³/mol. The summed E-state index contributed by atoms with van der Waals surface area (Å²) < 4.78 is 10.2. The molecule has 304 valence electrons. The van der Waals surface area contributed by atoms with E-state index in [-0.39, 0.29) is 30.2 Å². The van der Waals surface area contributed by atoms with E-state index in [1.54, 1.807) is 56.9 Å². The van der Waals surface area contributed by atoms with Gasteiger partial charge in [-0.15, -0.1) is 0 Å². The zero-order valence-electron chi connectivity index (χ0n) is 34.1. The van der Waals surface area contributed by atoms with Crippen molar-refractivity contribution in [1.82, 2.24) is 20.4 Å². The molecule has 1 aliphatic carbocycles. The summed E-state index contributed by atoms with van der Waals surface area (Å²) in [7, 11) is 0.703. The summed E-state index contributed by atoms with van der Waals surface area (Å²) in [5, 5.41) is 9.01. The SMILES string of the molecule is COC(=O)c1ccc(C(=O)Nc2ccc(CC(NC(=O)C(C)N(C)C(=O)OC(C)(C)C)C(=O)N3C[Si](C)(C)CC3C(=O)N[C@@H]3CCCc4ccccc43)cc2)cc1. The number of hydrogen-bond donors (Lipinski definition) is 3. The second kappa shape index (κ2) is 17.7. The number of aryl methyl sites for hydroxylation is 1. The van der Waals surface area contributed by atoms with Crippen molar-refractivity contribution in [3.05, 3.63) is 101 Å². The van der Waals surface area contributed by atoms with Gasteiger partial charge in [0.15, 0.2) is 0 Å². The van der Waals surface area contributed by atoms with Crippen LogP contribution in [-0.4, -0.2) is 97.6 Å². The van der Waals surface area contributed by atoms with E-state index in [0.717, 1.165) is 24.8 Å². The van der Waals surface area contributed by atoms with E-state index in [4.69, 9.17) is 9.47 Å². The van der Waals surface area contributed by atoms with Crippen molar-refractivity contribution >= 4 is 49.5 Å². The Morgan fingerprint density at radius 2 is 1.58 bits per heavy atom. The molecule has 14 heteroatoms. The number of likely N-dealkylation sites (N-methyl/N-ethyl adjacent to an activating group) is 1. The Kier molecular flexibility index (Phi) is 13.3. The number of hydrogen-bond acceptors (Lipinski definition) is 8. The number of nitrogens with one attached hydrogen (secondary N) is 3. The van der Waals surface area contributed by atoms with E-state index in [1.165, 1.54) is 48.9 Å². The molecule has 3 unspecified atom stereocenters. The standard InChI is InChI=1S/C43H55N5O8Si/c1-27(47(5)42(54)56-43(2,3)4)37(49)46-35(24-28-16-22-32(23-17-28)44-38(50)30-18-20-31(21-19-30)41(53)55-6)40(52)48-26-57(7,8)25-36(48)39(51)45-34-15-11-13-29-12-9-10-14-33(29)34/h9-10,12,14,16-23,27,34-36H,11,13,15,24-26H2,1-8H3,(H,44,50)(H,45,51)(H,46,49)/t27?,34-,35?,36?/m1/s1. The monoisotopic (exact) mass is 797 g/mol. The average molecular weight is 798 g/mol. The van der Waals surface area contributed by atoms with Gasteiger partial charge in [0.25, 0.3) is 5.91 Å². The molecule has 1 fully saturated rings. The van der Waals surface area contributed by atoms with Crippen LogP contribution in [0.1, 0.15) is 84.0 Å². The van der Waals surface area contributed by atoms with Gasteiger partial charge in [-0.3, -0.25) is 24.1 Å². The molecule has 2 aliphatic rings. The molecule has 0 bridgehead atoms. The van der Waals surface area contributed by atoms with Crippen LogP contribution in [0, 0.1) is 0 Å². The molecule has 57 heavy (non-hydrogen) atoms. The Bertz CT molecular complexity index is 1980. The molecule has 5 rings (SSSR count). The molecule has 0 spiro atoms. The highest BCUT2D eigenvalue weighted by Gasteiger charge is 2.47. The minimum Gasteiger partial charge on any atom is -0.465 e. The van der Waals surface area contributed by atoms with E-state index >= 15 is 0 Å². The van der Waals surface area contributed by atoms with Crippen molar-refractivity contribution in [2.45, 2.75) is 102 Å². The molecule has 0 radical (unpaired) electrons. The van der Waals surface area contributed by atoms with Crippen LogP contribution in [0.2, 0.25) is 19.1 Å². The van der Waals surface area contributed by atoms with E-state index in [2.05, 4.69) is 41.2 Å². The third-order valence-corrected chi connectivity index (χ3v) is 13.2. The van der Waals surface area contributed by atoms with Crippen LogP contribution in [0.3, 0.4) is 0 Å². The van der Waals surface area contributed by atoms with Gasteiger partial charge in [0, 0.05) is 30.9 Å². The van der Waals surface area contributed by atoms with Gasteiger partial charge >= 0.3 is 12.1 Å². The van der Waals surface area contributed by atoms with Crippen molar-refractivity contribution in [2.24, 2.45) is 0 Å². The molecule has 1 heterocycles. The number of rotatable bonds is 11. The van der Waals surface area contributed by atoms with Crippen molar-refractivity contribution in [3.63, 3.8) is 0 Å². The summed E-state index contributed by atoms with van der Waals surface area (Å²) >= 11 is 0. The summed E-state index contributed by atoms with van der Waals surface area (Å²) in [6, 6.07) is 18.8. The van der Waals surface area contributed by atoms with Crippen LogP contribution in [0.4, 0.5) is 10.5 Å². The van der Waals surface area contributed by atoms with E-state index in [0.29, 0.717) is 34.6 Å². The number of benzene rings is 3. The number of carbonyl (C=O) groups excluding carboxylic acids is 6. The highest BCUT2D eigenvalue weighted by molar-refractivity contribution is 6.79. The van der Waals surface area contributed by atoms with E-state index in [9.17, 15) is 28.8 Å². The molecule has 3 N–H and O–H groups in total. The number of anilines is 1. The van der Waals surface area contributed by atoms with Gasteiger partial charge in [0.1, 0.15) is 23.7 Å². The minimum absolute atomic E-state index is 0.0828. The molecule has 0 aromatic heterocycles. The number of methoxy groups -OCH3 is 1. The molecule has 3 aromatic carbocycles. The highest BCUT2D eigenvalue weighted by Crippen LogP contribution is 2.32. The van der Waals surface area contributed by atoms with E-state index in [1.807, 2.05) is 12.1 Å². The van der Waals surface area contributed by atoms with Gasteiger partial charge < -0.3 is 30.3 Å². The normalized spacial score (nSPS) is 18.3. The van der Waals surface area contributed by atoms with Crippen molar-refractivity contribution in [1.29, 1.82) is 0 Å². The molecular weight excluding hydrogens is 743 g/mol. The Morgan fingerprint density at radius 3 is 2.23 bits per heavy atom. The van der Waals surface area contributed by atoms with Gasteiger partial charge in [-0.2, -0.15) is 0 Å². The molecule has 4 atom stereocenters. The number of fused-ring (bicyclic) bond motifs is 1. The minimum atomic E-state index is -2.05. The lowest BCUT2D eigenvalue weighted by Crippen LogP contribution is -2.57. The summed E-state index contributed by atoms with van der Waals surface area (Å²) in [6.07, 6.45) is 2.56. The Labute approximate surface area is 335 Å². The van der Waals surface area contributed by atoms with Gasteiger partial charge in [0.2, 0.25) is 17.7 Å². The first-order valence-corrected chi connectivity index (χ1v) is 22.8. The lowest BCUT2D eigenvalue weighted by molar-refractivity contribution is -0.141. The fourth-order valence-electron chi connectivity index (χ4n) is 7.31. The maximum atomic E-state index is 14.7. The van der Waals surface area contributed by atoms with Crippen LogP contribution in [0.25, 0.3) is 0 Å². The van der Waals surface area contributed by atoms with Gasteiger partial charge in [-0.25, -0.2) is 9.59 Å². The third kappa shape index (κ3) is 10.9. The van der Waals surface area contributed by atoms with Crippen LogP contribution in [0.5, 0.6) is 0 Å². The van der Waals surface area contributed by atoms with Gasteiger partial charge in [0.05, 0.1) is 26.8 Å². The number of ether oxygens (including phenoxy) is 2. The quantitative estimate of drug-likeness (QED) is 0.165. The Hall–Kier alpha value is -5.50. The molecular formula is C43H55N5O8Si. The number of amides is 5. The smallest absolute Gasteiger partial charge is 0.410 e. The molecule has 1 saturated heterocycles. The van der Waals surface area contributed by atoms with Crippen molar-refractivity contribution < 1.29 is 38.2 Å². The number of carbonyl (C=O) groups is 6. The summed E-state index contributed by atoms with van der Waals surface area (Å²) in [4.78, 5) is 83.1. The topological polar surface area (TPSA) is 163 Å². The number of nitrogens with zero attached hydrogens (tertiary/aromatic N) is 2. The van der Waals surface area contributed by atoms with Crippen molar-refractivity contribution in [3.8, 4) is 0 Å². The van der Waals surface area contributed by atoms with Crippen LogP contribution in [-0.2, 0) is 36.7 Å². The predicted octanol–water partition coefficient (Wildman–Crippen LogP) is 5.66.